The summed E-state index contributed by atoms with van der Waals surface area (Å²) in [6, 6.07) is 17.7. The number of piperazine rings is 1. The number of nitrogens with zero attached hydrogens (tertiary/aromatic N) is 6. The van der Waals surface area contributed by atoms with Crippen molar-refractivity contribution in [2.24, 2.45) is 0 Å². The molecule has 5 heterocycles. The molecule has 3 aromatic carbocycles. The average molecular weight is 954 g/mol. The van der Waals surface area contributed by atoms with Gasteiger partial charge in [0.15, 0.2) is 5.82 Å². The van der Waals surface area contributed by atoms with Crippen molar-refractivity contribution < 1.29 is 38.0 Å². The molecule has 1 aromatic heterocycles. The number of piperidine rings is 2. The predicted molar refractivity (Wildman–Crippen MR) is 257 cm³/mol. The lowest BCUT2D eigenvalue weighted by Crippen LogP contribution is -2.54. The first-order valence-corrected chi connectivity index (χ1v) is 25.9. The Bertz CT molecular complexity index is 2580. The maximum atomic E-state index is 13.3. The van der Waals surface area contributed by atoms with Crippen molar-refractivity contribution in [2.45, 2.75) is 69.9 Å². The fraction of sp³-hybridized carbons (Fsp3) is 0.438. The van der Waals surface area contributed by atoms with E-state index in [4.69, 9.17) is 21.1 Å². The van der Waals surface area contributed by atoms with Gasteiger partial charge in [0.25, 0.3) is 11.8 Å². The van der Waals surface area contributed by atoms with E-state index in [0.29, 0.717) is 70.5 Å². The number of aromatic nitrogens is 2. The quantitative estimate of drug-likeness (QED) is 0.0596. The lowest BCUT2D eigenvalue weighted by atomic mass is 10.0. The Morgan fingerprint density at radius 2 is 1.61 bits per heavy atom. The number of para-hydroxylation sites is 1. The summed E-state index contributed by atoms with van der Waals surface area (Å²) in [5.41, 5.74) is 2.78. The van der Waals surface area contributed by atoms with Crippen molar-refractivity contribution in [3.63, 3.8) is 0 Å². The Morgan fingerprint density at radius 1 is 0.851 bits per heavy atom. The van der Waals surface area contributed by atoms with Gasteiger partial charge in [0, 0.05) is 75.2 Å². The van der Waals surface area contributed by atoms with E-state index < -0.39 is 36.8 Å². The zero-order valence-corrected chi connectivity index (χ0v) is 39.7. The molecule has 4 aliphatic heterocycles. The Kier molecular flexibility index (Phi) is 14.8. The zero-order chi connectivity index (χ0) is 47.2. The van der Waals surface area contributed by atoms with E-state index in [1.165, 1.54) is 6.20 Å². The number of ether oxygens (including phenoxy) is 2. The number of carbonyl (C=O) groups is 5. The van der Waals surface area contributed by atoms with Crippen LogP contribution in [0.4, 0.5) is 28.8 Å². The zero-order valence-electron chi connectivity index (χ0n) is 38.1. The Hall–Kier alpha value is -6.03. The second kappa shape index (κ2) is 20.9. The number of imide groups is 2. The highest BCUT2D eigenvalue weighted by atomic mass is 35.5. The first-order valence-electron chi connectivity index (χ1n) is 22.9. The summed E-state index contributed by atoms with van der Waals surface area (Å²) in [5, 5.41) is 9.75. The number of benzene rings is 3. The second-order valence-electron chi connectivity index (χ2n) is 17.7. The molecule has 5 amide bonds. The summed E-state index contributed by atoms with van der Waals surface area (Å²) in [7, 11) is -0.927. The van der Waals surface area contributed by atoms with Gasteiger partial charge in [-0.15, -0.1) is 0 Å². The molecule has 0 radical (unpaired) electrons. The van der Waals surface area contributed by atoms with Gasteiger partial charge in [-0.05, 0) is 81.8 Å². The van der Waals surface area contributed by atoms with Crippen LogP contribution in [0.1, 0.15) is 78.5 Å². The summed E-state index contributed by atoms with van der Waals surface area (Å²) in [5.74, 6) is -0.374. The van der Waals surface area contributed by atoms with Gasteiger partial charge >= 0.3 is 0 Å². The molecule has 354 valence electrons. The molecule has 19 heteroatoms. The van der Waals surface area contributed by atoms with E-state index in [2.05, 4.69) is 41.8 Å². The van der Waals surface area contributed by atoms with Gasteiger partial charge in [0.1, 0.15) is 29.7 Å². The van der Waals surface area contributed by atoms with Gasteiger partial charge in [0.05, 0.1) is 42.4 Å². The van der Waals surface area contributed by atoms with Crippen LogP contribution in [0.5, 0.6) is 11.5 Å². The van der Waals surface area contributed by atoms with Crippen LogP contribution in [0, 0.1) is 0 Å². The van der Waals surface area contributed by atoms with Crippen LogP contribution in [0.3, 0.4) is 0 Å². The molecule has 0 bridgehead atoms. The predicted octanol–water partition coefficient (Wildman–Crippen LogP) is 6.42. The molecule has 0 saturated carbocycles. The van der Waals surface area contributed by atoms with E-state index in [-0.39, 0.29) is 29.9 Å². The third-order valence-electron chi connectivity index (χ3n) is 12.9. The topological polar surface area (TPSA) is 196 Å². The van der Waals surface area contributed by atoms with Crippen LogP contribution in [-0.2, 0) is 18.9 Å². The molecule has 0 aliphatic carbocycles. The Morgan fingerprint density at radius 3 is 2.36 bits per heavy atom. The molecule has 3 saturated heterocycles. The number of fused-ring (bicyclic) bond motifs is 1. The second-order valence-corrected chi connectivity index (χ2v) is 21.3. The van der Waals surface area contributed by atoms with E-state index in [1.807, 2.05) is 41.3 Å². The fourth-order valence-corrected chi connectivity index (χ4v) is 10.6. The summed E-state index contributed by atoms with van der Waals surface area (Å²) in [6.45, 7) is 8.76. The molecule has 1 unspecified atom stereocenters. The highest BCUT2D eigenvalue weighted by Crippen LogP contribution is 2.39. The van der Waals surface area contributed by atoms with Crippen molar-refractivity contribution in [3.05, 3.63) is 83.0 Å². The number of hydrogen-bond acceptors (Lipinski definition) is 14. The molecular formula is C48H57ClN9O8P. The van der Waals surface area contributed by atoms with E-state index in [9.17, 15) is 28.5 Å². The number of unbranched alkanes of at least 4 members (excludes halogenated alkanes) is 3. The number of rotatable bonds is 17. The number of anilines is 5. The van der Waals surface area contributed by atoms with Crippen molar-refractivity contribution in [2.75, 3.05) is 81.8 Å². The summed E-state index contributed by atoms with van der Waals surface area (Å²) < 4.78 is 24.7. The molecule has 8 rings (SSSR count). The number of halogens is 1. The molecule has 0 spiro atoms. The van der Waals surface area contributed by atoms with Gasteiger partial charge in [-0.25, -0.2) is 4.98 Å². The largest absolute Gasteiger partial charge is 0.494 e. The van der Waals surface area contributed by atoms with Crippen molar-refractivity contribution in [1.82, 2.24) is 30.0 Å². The summed E-state index contributed by atoms with van der Waals surface area (Å²) in [4.78, 5) is 80.5. The minimum Gasteiger partial charge on any atom is -0.494 e. The molecule has 1 atom stereocenters. The molecule has 3 N–H and O–H groups in total. The summed E-state index contributed by atoms with van der Waals surface area (Å²) >= 11 is 6.48. The summed E-state index contributed by atoms with van der Waals surface area (Å²) in [6.07, 6.45) is 7.40. The minimum absolute atomic E-state index is 0.0563. The van der Waals surface area contributed by atoms with Crippen molar-refractivity contribution in [3.8, 4) is 11.5 Å². The molecule has 17 nitrogen and oxygen atoms in total. The number of methoxy groups -OCH3 is 1. The van der Waals surface area contributed by atoms with Crippen LogP contribution < -0.4 is 35.6 Å². The molecule has 4 aliphatic rings. The Labute approximate surface area is 395 Å². The number of carbonyl (C=O) groups excluding carboxylic acids is 5. The van der Waals surface area contributed by atoms with E-state index >= 15 is 0 Å². The smallest absolute Gasteiger partial charge is 0.266 e. The van der Waals surface area contributed by atoms with E-state index in [1.54, 1.807) is 38.6 Å². The van der Waals surface area contributed by atoms with E-state index in [0.717, 1.165) is 82.0 Å². The lowest BCUT2D eigenvalue weighted by molar-refractivity contribution is -0.136. The van der Waals surface area contributed by atoms with Gasteiger partial charge < -0.3 is 34.5 Å². The monoisotopic (exact) mass is 953 g/mol. The molecule has 3 fully saturated rings. The van der Waals surface area contributed by atoms with Gasteiger partial charge in [-0.2, -0.15) is 4.98 Å². The first-order chi connectivity index (χ1) is 32.3. The standard InChI is InChI=1S/C48H57ClN9O8P/c1-65-39-29-32(16-17-35(39)52-48-50-30-34(49)44(54-48)51-36-12-7-8-14-40(36)67(2,3)64)55-22-20-31(21-23-55)56-24-26-57(27-25-56)42(60)15-6-4-5-9-28-66-38-13-10-11-33-43(38)47(63)58(46(33)62)37-18-19-41(59)53-45(37)61/h7-8,10-14,16-17,29-31,37H,4-6,9,15,18-28H2,1-3H3,(H,53,59,61)(H2,50,51,52,54). The van der Waals surface area contributed by atoms with Crippen LogP contribution in [0.25, 0.3) is 0 Å². The molecular weight excluding hydrogens is 897 g/mol. The molecule has 67 heavy (non-hydrogen) atoms. The van der Waals surface area contributed by atoms with Gasteiger partial charge in [-0.1, -0.05) is 42.6 Å². The fourth-order valence-electron chi connectivity index (χ4n) is 9.29. The van der Waals surface area contributed by atoms with Crippen molar-refractivity contribution >= 4 is 82.4 Å². The van der Waals surface area contributed by atoms with Crippen LogP contribution >= 0.6 is 18.7 Å². The maximum Gasteiger partial charge on any atom is 0.266 e. The molecule has 4 aromatic rings. The normalized spacial score (nSPS) is 18.2. The Balaban J connectivity index is 0.735. The van der Waals surface area contributed by atoms with Gasteiger partial charge in [-0.3, -0.25) is 39.1 Å². The van der Waals surface area contributed by atoms with Crippen LogP contribution in [-0.4, -0.2) is 133 Å². The highest BCUT2D eigenvalue weighted by Gasteiger charge is 2.46. The third-order valence-corrected chi connectivity index (χ3v) is 14.7. The maximum absolute atomic E-state index is 13.3. The number of nitrogens with one attached hydrogen (secondary N) is 3. The lowest BCUT2D eigenvalue weighted by Gasteiger charge is -2.43. The highest BCUT2D eigenvalue weighted by molar-refractivity contribution is 7.70. The van der Waals surface area contributed by atoms with Gasteiger partial charge in [0.2, 0.25) is 23.7 Å². The number of amides is 5. The van der Waals surface area contributed by atoms with Crippen LogP contribution in [0.15, 0.2) is 66.9 Å². The third kappa shape index (κ3) is 10.9. The van der Waals surface area contributed by atoms with Crippen molar-refractivity contribution in [1.29, 1.82) is 0 Å². The SMILES string of the molecule is COc1cc(N2CCC(N3CCN(C(=O)CCCCCCOc4cccc5c4C(=O)N(C4CCC(=O)NC4=O)C5=O)CC3)CC2)ccc1Nc1ncc(Cl)c(Nc2ccccc2P(C)(C)=O)n1. The first kappa shape index (κ1) is 47.5. The average Bonchev–Trinajstić information content (AvgIpc) is 3.58. The number of hydrogen-bond donors (Lipinski definition) is 3. The minimum atomic E-state index is -2.56. The van der Waals surface area contributed by atoms with Crippen LogP contribution in [0.2, 0.25) is 5.02 Å².